The minimum atomic E-state index is -0.416. The molecule has 5 heteroatoms. The van der Waals surface area contributed by atoms with Gasteiger partial charge in [-0.1, -0.05) is 30.4 Å². The van der Waals surface area contributed by atoms with Crippen LogP contribution < -0.4 is 5.32 Å². The van der Waals surface area contributed by atoms with Gasteiger partial charge in [0.05, 0.1) is 5.57 Å². The van der Waals surface area contributed by atoms with E-state index in [-0.39, 0.29) is 17.8 Å². The molecule has 1 heterocycles. The number of nitrogens with one attached hydrogen (secondary N) is 1. The fourth-order valence-electron chi connectivity index (χ4n) is 2.65. The highest BCUT2D eigenvalue weighted by atomic mass is 16.3. The van der Waals surface area contributed by atoms with Gasteiger partial charge in [-0.3, -0.25) is 9.59 Å². The maximum atomic E-state index is 12.3. The van der Waals surface area contributed by atoms with E-state index in [1.165, 1.54) is 6.08 Å². The molecule has 122 valence electrons. The van der Waals surface area contributed by atoms with Crippen LogP contribution in [0.2, 0.25) is 0 Å². The lowest BCUT2D eigenvalue weighted by molar-refractivity contribution is -0.119. The molecule has 0 fully saturated rings. The maximum absolute atomic E-state index is 12.3. The van der Waals surface area contributed by atoms with Crippen LogP contribution in [-0.2, 0) is 9.59 Å². The Balaban J connectivity index is 1.61. The third kappa shape index (κ3) is 2.99. The first kappa shape index (κ1) is 15.1. The highest BCUT2D eigenvalue weighted by molar-refractivity contribution is 6.24. The summed E-state index contributed by atoms with van der Waals surface area (Å²) in [5.74, 6) is -0.0799. The summed E-state index contributed by atoms with van der Waals surface area (Å²) in [6, 6.07) is 14.8. The van der Waals surface area contributed by atoms with Gasteiger partial charge in [-0.15, -0.1) is 0 Å². The van der Waals surface area contributed by atoms with Gasteiger partial charge in [-0.2, -0.15) is 0 Å². The van der Waals surface area contributed by atoms with Crippen LogP contribution in [0.15, 0.2) is 76.7 Å². The Hall–Kier alpha value is -3.47. The maximum Gasteiger partial charge on any atom is 0.259 e. The van der Waals surface area contributed by atoms with E-state index in [0.717, 1.165) is 5.56 Å². The molecule has 0 aliphatic heterocycles. The molecule has 0 atom stereocenters. The predicted molar refractivity (Wildman–Crippen MR) is 94.9 cm³/mol. The summed E-state index contributed by atoms with van der Waals surface area (Å²) in [7, 11) is 0. The van der Waals surface area contributed by atoms with E-state index in [4.69, 9.17) is 4.42 Å². The lowest BCUT2D eigenvalue weighted by atomic mass is 10.0. The Morgan fingerprint density at radius 3 is 2.76 bits per heavy atom. The molecule has 2 aromatic carbocycles. The lowest BCUT2D eigenvalue weighted by Gasteiger charge is -2.08. The first-order valence-corrected chi connectivity index (χ1v) is 7.88. The summed E-state index contributed by atoms with van der Waals surface area (Å²) in [6.45, 7) is 0. The third-order valence-corrected chi connectivity index (χ3v) is 3.91. The van der Waals surface area contributed by atoms with E-state index in [1.807, 2.05) is 30.3 Å². The molecule has 1 amide bonds. The number of ketones is 1. The number of amides is 1. The number of hydrogen-bond acceptors (Lipinski definition) is 4. The van der Waals surface area contributed by atoms with Gasteiger partial charge < -0.3 is 9.73 Å². The van der Waals surface area contributed by atoms with E-state index in [2.05, 4.69) is 10.3 Å². The zero-order valence-electron chi connectivity index (χ0n) is 13.2. The van der Waals surface area contributed by atoms with Crippen molar-refractivity contribution in [3.05, 3.63) is 72.3 Å². The molecule has 1 aliphatic rings. The van der Waals surface area contributed by atoms with Crippen molar-refractivity contribution < 1.29 is 14.0 Å². The molecule has 1 N–H and O–H groups in total. The Morgan fingerprint density at radius 2 is 1.96 bits per heavy atom. The molecule has 25 heavy (non-hydrogen) atoms. The topological polar surface area (TPSA) is 72.2 Å². The number of aromatic nitrogens is 1. The van der Waals surface area contributed by atoms with Crippen LogP contribution in [0.3, 0.4) is 0 Å². The summed E-state index contributed by atoms with van der Waals surface area (Å²) < 4.78 is 5.75. The number of Topliss-reactive ketones (excluding diaryl/α,β-unsaturated/α-hetero) is 1. The number of allylic oxidation sites excluding steroid dienone is 3. The van der Waals surface area contributed by atoms with E-state index < -0.39 is 5.91 Å². The van der Waals surface area contributed by atoms with Crippen LogP contribution in [0.4, 0.5) is 5.69 Å². The number of oxazole rings is 1. The SMILES string of the molecule is O=C1CC=CC=C1C(=O)Nc1ccc2oc(-c3ccccc3)nc2c1. The molecule has 0 spiro atoms. The summed E-state index contributed by atoms with van der Waals surface area (Å²) in [5.41, 5.74) is 2.88. The Morgan fingerprint density at radius 1 is 1.12 bits per heavy atom. The number of rotatable bonds is 3. The summed E-state index contributed by atoms with van der Waals surface area (Å²) in [6.07, 6.45) is 5.22. The number of nitrogens with zero attached hydrogens (tertiary/aromatic N) is 1. The second-order valence-electron chi connectivity index (χ2n) is 5.66. The predicted octanol–water partition coefficient (Wildman–Crippen LogP) is 3.89. The van der Waals surface area contributed by atoms with Crippen molar-refractivity contribution >= 4 is 28.5 Å². The molecule has 0 saturated heterocycles. The second-order valence-corrected chi connectivity index (χ2v) is 5.66. The van der Waals surface area contributed by atoms with Gasteiger partial charge in [-0.25, -0.2) is 4.98 Å². The summed E-state index contributed by atoms with van der Waals surface area (Å²) >= 11 is 0. The molecule has 1 aliphatic carbocycles. The zero-order chi connectivity index (χ0) is 17.2. The molecule has 0 radical (unpaired) electrons. The first-order chi connectivity index (χ1) is 12.2. The monoisotopic (exact) mass is 330 g/mol. The molecular formula is C20H14N2O3. The van der Waals surface area contributed by atoms with Crippen LogP contribution in [0.25, 0.3) is 22.6 Å². The van der Waals surface area contributed by atoms with Crippen LogP contribution in [0.5, 0.6) is 0 Å². The van der Waals surface area contributed by atoms with E-state index in [1.54, 1.807) is 30.4 Å². The van der Waals surface area contributed by atoms with Gasteiger partial charge in [-0.05, 0) is 36.4 Å². The molecule has 0 unspecified atom stereocenters. The van der Waals surface area contributed by atoms with Gasteiger partial charge in [0.1, 0.15) is 5.52 Å². The fraction of sp³-hybridized carbons (Fsp3) is 0.0500. The van der Waals surface area contributed by atoms with E-state index in [0.29, 0.717) is 22.7 Å². The molecule has 5 nitrogen and oxygen atoms in total. The lowest BCUT2D eigenvalue weighted by Crippen LogP contribution is -2.21. The van der Waals surface area contributed by atoms with Crippen molar-refractivity contribution in [2.75, 3.05) is 5.32 Å². The summed E-state index contributed by atoms with van der Waals surface area (Å²) in [4.78, 5) is 28.5. The number of anilines is 1. The third-order valence-electron chi connectivity index (χ3n) is 3.91. The number of benzene rings is 2. The van der Waals surface area contributed by atoms with Gasteiger partial charge >= 0.3 is 0 Å². The Labute approximate surface area is 143 Å². The van der Waals surface area contributed by atoms with Crippen LogP contribution in [0.1, 0.15) is 6.42 Å². The van der Waals surface area contributed by atoms with Crippen molar-refractivity contribution in [2.45, 2.75) is 6.42 Å². The smallest absolute Gasteiger partial charge is 0.259 e. The highest BCUT2D eigenvalue weighted by Crippen LogP contribution is 2.26. The molecule has 0 saturated carbocycles. The van der Waals surface area contributed by atoms with Gasteiger partial charge in [0, 0.05) is 17.7 Å². The Bertz CT molecular complexity index is 1030. The highest BCUT2D eigenvalue weighted by Gasteiger charge is 2.19. The van der Waals surface area contributed by atoms with Gasteiger partial charge in [0.2, 0.25) is 5.89 Å². The van der Waals surface area contributed by atoms with Crippen molar-refractivity contribution in [1.82, 2.24) is 4.98 Å². The largest absolute Gasteiger partial charge is 0.436 e. The van der Waals surface area contributed by atoms with Crippen LogP contribution in [0, 0.1) is 0 Å². The van der Waals surface area contributed by atoms with Crippen LogP contribution >= 0.6 is 0 Å². The Kier molecular flexibility index (Phi) is 3.74. The summed E-state index contributed by atoms with van der Waals surface area (Å²) in [5, 5.41) is 2.74. The quantitative estimate of drug-likeness (QED) is 0.740. The fourth-order valence-corrected chi connectivity index (χ4v) is 2.65. The molecule has 3 aromatic rings. The first-order valence-electron chi connectivity index (χ1n) is 7.88. The zero-order valence-corrected chi connectivity index (χ0v) is 13.2. The molecule has 0 bridgehead atoms. The average Bonchev–Trinajstić information content (AvgIpc) is 3.06. The van der Waals surface area contributed by atoms with Crippen molar-refractivity contribution in [3.63, 3.8) is 0 Å². The van der Waals surface area contributed by atoms with Crippen molar-refractivity contribution in [1.29, 1.82) is 0 Å². The van der Waals surface area contributed by atoms with Gasteiger partial charge in [0.25, 0.3) is 5.91 Å². The minimum Gasteiger partial charge on any atom is -0.436 e. The second kappa shape index (κ2) is 6.20. The number of fused-ring (bicyclic) bond motifs is 1. The minimum absolute atomic E-state index is 0.160. The average molecular weight is 330 g/mol. The van der Waals surface area contributed by atoms with Crippen molar-refractivity contribution in [3.8, 4) is 11.5 Å². The molecular weight excluding hydrogens is 316 g/mol. The molecule has 1 aromatic heterocycles. The van der Waals surface area contributed by atoms with Crippen molar-refractivity contribution in [2.24, 2.45) is 0 Å². The standard InChI is InChI=1S/C20H14N2O3/c23-17-9-5-4-8-15(17)19(24)21-14-10-11-18-16(12-14)22-20(25-18)13-6-2-1-3-7-13/h1-8,10-12H,9H2,(H,21,24). The number of carbonyl (C=O) groups is 2. The molecule has 4 rings (SSSR count). The van der Waals surface area contributed by atoms with Gasteiger partial charge in [0.15, 0.2) is 11.4 Å². The van der Waals surface area contributed by atoms with Crippen LogP contribution in [-0.4, -0.2) is 16.7 Å². The number of hydrogen-bond donors (Lipinski definition) is 1. The van der Waals surface area contributed by atoms with E-state index in [9.17, 15) is 9.59 Å². The van der Waals surface area contributed by atoms with E-state index >= 15 is 0 Å². The number of carbonyl (C=O) groups excluding carboxylic acids is 2. The normalized spacial score (nSPS) is 13.8.